The molecule has 0 unspecified atom stereocenters. The molecular weight excluding hydrogens is 304 g/mol. The highest BCUT2D eigenvalue weighted by Crippen LogP contribution is 2.15. The fourth-order valence-corrected chi connectivity index (χ4v) is 1.98. The van der Waals surface area contributed by atoms with E-state index in [1.54, 1.807) is 25.4 Å². The van der Waals surface area contributed by atoms with Gasteiger partial charge in [0.05, 0.1) is 13.7 Å². The van der Waals surface area contributed by atoms with Crippen molar-refractivity contribution in [3.05, 3.63) is 58.7 Å². The molecule has 2 aromatic rings. The van der Waals surface area contributed by atoms with Gasteiger partial charge in [0.1, 0.15) is 6.61 Å². The van der Waals surface area contributed by atoms with Gasteiger partial charge in [0.25, 0.3) is 0 Å². The predicted molar refractivity (Wildman–Crippen MR) is 83.7 cm³/mol. The molecule has 1 aromatic heterocycles. The van der Waals surface area contributed by atoms with Crippen molar-refractivity contribution in [2.24, 2.45) is 0 Å². The summed E-state index contributed by atoms with van der Waals surface area (Å²) in [4.78, 5) is 15.7. The van der Waals surface area contributed by atoms with Crippen molar-refractivity contribution in [3.63, 3.8) is 0 Å². The van der Waals surface area contributed by atoms with E-state index in [0.717, 1.165) is 11.1 Å². The molecule has 0 saturated carbocycles. The molecule has 0 radical (unpaired) electrons. The minimum Gasteiger partial charge on any atom is -0.481 e. The van der Waals surface area contributed by atoms with Crippen molar-refractivity contribution in [3.8, 4) is 5.88 Å². The minimum atomic E-state index is -0.192. The number of hydrogen-bond acceptors (Lipinski definition) is 4. The first-order valence-electron chi connectivity index (χ1n) is 6.76. The summed E-state index contributed by atoms with van der Waals surface area (Å²) in [5.41, 5.74) is 1.77. The zero-order chi connectivity index (χ0) is 15.8. The van der Waals surface area contributed by atoms with Crippen molar-refractivity contribution in [1.29, 1.82) is 0 Å². The van der Waals surface area contributed by atoms with E-state index in [-0.39, 0.29) is 12.5 Å². The lowest BCUT2D eigenvalue weighted by Gasteiger charge is -2.08. The third kappa shape index (κ3) is 5.02. The zero-order valence-corrected chi connectivity index (χ0v) is 13.0. The number of aromatic nitrogens is 1. The lowest BCUT2D eigenvalue weighted by Crippen LogP contribution is -2.27. The largest absolute Gasteiger partial charge is 0.481 e. The van der Waals surface area contributed by atoms with Gasteiger partial charge in [-0.05, 0) is 23.3 Å². The number of pyridine rings is 1. The number of nitrogens with one attached hydrogen (secondary N) is 1. The maximum atomic E-state index is 11.7. The van der Waals surface area contributed by atoms with Gasteiger partial charge in [0.2, 0.25) is 11.8 Å². The summed E-state index contributed by atoms with van der Waals surface area (Å²) in [6, 6.07) is 11.0. The SMILES string of the molecule is COc1cc(CNC(=O)COCc2ccccc2Cl)ccn1. The van der Waals surface area contributed by atoms with Gasteiger partial charge in [-0.1, -0.05) is 29.8 Å². The molecule has 22 heavy (non-hydrogen) atoms. The lowest BCUT2D eigenvalue weighted by atomic mass is 10.2. The first-order chi connectivity index (χ1) is 10.7. The van der Waals surface area contributed by atoms with Crippen LogP contribution in [0.15, 0.2) is 42.6 Å². The Hall–Kier alpha value is -2.11. The summed E-state index contributed by atoms with van der Waals surface area (Å²) in [6.07, 6.45) is 1.63. The Kier molecular flexibility index (Phi) is 6.18. The van der Waals surface area contributed by atoms with E-state index in [9.17, 15) is 4.79 Å². The van der Waals surface area contributed by atoms with Crippen LogP contribution in [0.25, 0.3) is 0 Å². The number of ether oxygens (including phenoxy) is 2. The Balaban J connectivity index is 1.73. The van der Waals surface area contributed by atoms with E-state index in [1.165, 1.54) is 0 Å². The van der Waals surface area contributed by atoms with Crippen LogP contribution >= 0.6 is 11.6 Å². The lowest BCUT2D eigenvalue weighted by molar-refractivity contribution is -0.126. The molecule has 0 saturated heterocycles. The molecule has 0 bridgehead atoms. The predicted octanol–water partition coefficient (Wildman–Crippen LogP) is 2.58. The standard InChI is InChI=1S/C16H17ClN2O3/c1-21-16-8-12(6-7-18-16)9-19-15(20)11-22-10-13-4-2-3-5-14(13)17/h2-8H,9-11H2,1H3,(H,19,20). The molecule has 1 heterocycles. The number of halogens is 1. The molecular formula is C16H17ClN2O3. The van der Waals surface area contributed by atoms with Crippen molar-refractivity contribution >= 4 is 17.5 Å². The van der Waals surface area contributed by atoms with Gasteiger partial charge in [-0.15, -0.1) is 0 Å². The Morgan fingerprint density at radius 3 is 2.91 bits per heavy atom. The van der Waals surface area contributed by atoms with Crippen LogP contribution in [0, 0.1) is 0 Å². The quantitative estimate of drug-likeness (QED) is 0.852. The normalized spacial score (nSPS) is 10.3. The Bertz CT molecular complexity index is 634. The average Bonchev–Trinajstić information content (AvgIpc) is 2.55. The van der Waals surface area contributed by atoms with Crippen molar-refractivity contribution in [2.45, 2.75) is 13.2 Å². The fraction of sp³-hybridized carbons (Fsp3) is 0.250. The van der Waals surface area contributed by atoms with Gasteiger partial charge in [-0.2, -0.15) is 0 Å². The highest BCUT2D eigenvalue weighted by atomic mass is 35.5. The highest BCUT2D eigenvalue weighted by Gasteiger charge is 2.04. The molecule has 5 nitrogen and oxygen atoms in total. The third-order valence-electron chi connectivity index (χ3n) is 2.95. The highest BCUT2D eigenvalue weighted by molar-refractivity contribution is 6.31. The van der Waals surface area contributed by atoms with Crippen LogP contribution < -0.4 is 10.1 Å². The maximum absolute atomic E-state index is 11.7. The molecule has 6 heteroatoms. The molecule has 0 aliphatic rings. The fourth-order valence-electron chi connectivity index (χ4n) is 1.79. The molecule has 0 atom stereocenters. The van der Waals surface area contributed by atoms with Crippen LogP contribution in [0.1, 0.15) is 11.1 Å². The molecule has 0 spiro atoms. The Morgan fingerprint density at radius 2 is 2.14 bits per heavy atom. The molecule has 0 aliphatic heterocycles. The van der Waals surface area contributed by atoms with Crippen molar-refractivity contribution in [1.82, 2.24) is 10.3 Å². The van der Waals surface area contributed by atoms with Crippen molar-refractivity contribution < 1.29 is 14.3 Å². The second-order valence-electron chi connectivity index (χ2n) is 4.57. The van der Waals surface area contributed by atoms with E-state index >= 15 is 0 Å². The first-order valence-corrected chi connectivity index (χ1v) is 7.13. The number of amides is 1. The summed E-state index contributed by atoms with van der Waals surface area (Å²) in [5, 5.41) is 3.40. The maximum Gasteiger partial charge on any atom is 0.246 e. The zero-order valence-electron chi connectivity index (χ0n) is 12.2. The Morgan fingerprint density at radius 1 is 1.32 bits per heavy atom. The second-order valence-corrected chi connectivity index (χ2v) is 4.97. The van der Waals surface area contributed by atoms with Crippen LogP contribution in [0.3, 0.4) is 0 Å². The first kappa shape index (κ1) is 16.3. The summed E-state index contributed by atoms with van der Waals surface area (Å²) in [5.74, 6) is 0.324. The number of methoxy groups -OCH3 is 1. The van der Waals surface area contributed by atoms with Gasteiger partial charge < -0.3 is 14.8 Å². The molecule has 2 rings (SSSR count). The van der Waals surface area contributed by atoms with E-state index in [0.29, 0.717) is 24.1 Å². The molecule has 116 valence electrons. The smallest absolute Gasteiger partial charge is 0.246 e. The van der Waals surface area contributed by atoms with Crippen LogP contribution in [0.4, 0.5) is 0 Å². The molecule has 0 aliphatic carbocycles. The van der Waals surface area contributed by atoms with E-state index < -0.39 is 0 Å². The summed E-state index contributed by atoms with van der Waals surface area (Å²) < 4.78 is 10.4. The molecule has 1 aromatic carbocycles. The van der Waals surface area contributed by atoms with E-state index in [1.807, 2.05) is 24.3 Å². The minimum absolute atomic E-state index is 0.0204. The topological polar surface area (TPSA) is 60.5 Å². The van der Waals surface area contributed by atoms with Gasteiger partial charge >= 0.3 is 0 Å². The van der Waals surface area contributed by atoms with Crippen LogP contribution in [-0.4, -0.2) is 24.6 Å². The van der Waals surface area contributed by atoms with E-state index in [4.69, 9.17) is 21.1 Å². The molecule has 1 N–H and O–H groups in total. The Labute approximate surface area is 134 Å². The van der Waals surface area contributed by atoms with Crippen LogP contribution in [-0.2, 0) is 22.7 Å². The van der Waals surface area contributed by atoms with E-state index in [2.05, 4.69) is 10.3 Å². The summed E-state index contributed by atoms with van der Waals surface area (Å²) >= 11 is 6.01. The molecule has 0 fully saturated rings. The van der Waals surface area contributed by atoms with Crippen LogP contribution in [0.5, 0.6) is 5.88 Å². The average molecular weight is 321 g/mol. The van der Waals surface area contributed by atoms with Gasteiger partial charge in [-0.25, -0.2) is 4.98 Å². The number of carbonyl (C=O) groups is 1. The second kappa shape index (κ2) is 8.36. The number of rotatable bonds is 7. The summed E-state index contributed by atoms with van der Waals surface area (Å²) in [6.45, 7) is 0.677. The van der Waals surface area contributed by atoms with Gasteiger partial charge in [-0.3, -0.25) is 4.79 Å². The van der Waals surface area contributed by atoms with Crippen LogP contribution in [0.2, 0.25) is 5.02 Å². The van der Waals surface area contributed by atoms with Gasteiger partial charge in [0.15, 0.2) is 0 Å². The number of hydrogen-bond donors (Lipinski definition) is 1. The summed E-state index contributed by atoms with van der Waals surface area (Å²) in [7, 11) is 1.55. The number of benzene rings is 1. The van der Waals surface area contributed by atoms with Crippen molar-refractivity contribution in [2.75, 3.05) is 13.7 Å². The van der Waals surface area contributed by atoms with Gasteiger partial charge in [0, 0.05) is 23.8 Å². The number of carbonyl (C=O) groups excluding carboxylic acids is 1. The third-order valence-corrected chi connectivity index (χ3v) is 3.32. The monoisotopic (exact) mass is 320 g/mol. The number of nitrogens with zero attached hydrogens (tertiary/aromatic N) is 1. The molecule has 1 amide bonds.